The Morgan fingerprint density at radius 1 is 1.59 bits per heavy atom. The summed E-state index contributed by atoms with van der Waals surface area (Å²) in [6, 6.07) is 1.58. The van der Waals surface area contributed by atoms with E-state index in [1.54, 1.807) is 19.4 Å². The van der Waals surface area contributed by atoms with Gasteiger partial charge in [-0.05, 0) is 13.0 Å². The Balaban J connectivity index is 2.70. The smallest absolute Gasteiger partial charge is 0.268 e. The summed E-state index contributed by atoms with van der Waals surface area (Å²) in [5.74, 6) is 0. The number of ether oxygens (including phenoxy) is 1. The van der Waals surface area contributed by atoms with Gasteiger partial charge in [-0.3, -0.25) is 4.79 Å². The van der Waals surface area contributed by atoms with Gasteiger partial charge in [0.2, 0.25) is 0 Å². The number of hydrogen-bond donors (Lipinski definition) is 1. The van der Waals surface area contributed by atoms with Crippen LogP contribution in [0.4, 0.5) is 5.69 Å². The van der Waals surface area contributed by atoms with Crippen molar-refractivity contribution in [3.8, 4) is 0 Å². The molecule has 0 atom stereocenters. The Kier molecular flexibility index (Phi) is 5.65. The van der Waals surface area contributed by atoms with E-state index >= 15 is 0 Å². The summed E-state index contributed by atoms with van der Waals surface area (Å²) in [4.78, 5) is 13.7. The average molecular weight is 240 g/mol. The number of aromatic nitrogens is 2. The highest BCUT2D eigenvalue weighted by molar-refractivity contribution is 5.41. The topological polar surface area (TPSA) is 73.4 Å². The summed E-state index contributed by atoms with van der Waals surface area (Å²) < 4.78 is 6.41. The second-order valence-corrected chi connectivity index (χ2v) is 3.83. The molecule has 1 rings (SSSR count). The van der Waals surface area contributed by atoms with Crippen molar-refractivity contribution in [3.63, 3.8) is 0 Å². The van der Waals surface area contributed by atoms with E-state index in [-0.39, 0.29) is 5.56 Å². The van der Waals surface area contributed by atoms with Crippen LogP contribution in [0.15, 0.2) is 17.1 Å². The quantitative estimate of drug-likeness (QED) is 0.707. The number of rotatable bonds is 7. The number of methoxy groups -OCH3 is 1. The van der Waals surface area contributed by atoms with Crippen LogP contribution in [0.25, 0.3) is 0 Å². The summed E-state index contributed by atoms with van der Waals surface area (Å²) >= 11 is 0. The molecule has 0 amide bonds. The van der Waals surface area contributed by atoms with Crippen LogP contribution in [-0.2, 0) is 11.3 Å². The molecule has 0 spiro atoms. The van der Waals surface area contributed by atoms with Crippen LogP contribution >= 0.6 is 0 Å². The molecule has 0 saturated carbocycles. The Morgan fingerprint density at radius 3 is 2.94 bits per heavy atom. The van der Waals surface area contributed by atoms with E-state index < -0.39 is 0 Å². The number of likely N-dealkylation sites (N-methyl/N-ethyl adjacent to an activating group) is 1. The van der Waals surface area contributed by atoms with Crippen LogP contribution in [0.5, 0.6) is 0 Å². The van der Waals surface area contributed by atoms with E-state index in [4.69, 9.17) is 10.5 Å². The molecule has 17 heavy (non-hydrogen) atoms. The minimum atomic E-state index is -0.0970. The van der Waals surface area contributed by atoms with Gasteiger partial charge in [0.15, 0.2) is 0 Å². The van der Waals surface area contributed by atoms with E-state index in [9.17, 15) is 4.79 Å². The lowest BCUT2D eigenvalue weighted by Crippen LogP contribution is -2.28. The van der Waals surface area contributed by atoms with Crippen molar-refractivity contribution < 1.29 is 4.74 Å². The highest BCUT2D eigenvalue weighted by Crippen LogP contribution is 2.06. The van der Waals surface area contributed by atoms with E-state index in [1.165, 1.54) is 4.68 Å². The minimum absolute atomic E-state index is 0.0970. The lowest BCUT2D eigenvalue weighted by Gasteiger charge is -2.18. The monoisotopic (exact) mass is 240 g/mol. The zero-order valence-electron chi connectivity index (χ0n) is 10.4. The van der Waals surface area contributed by atoms with Crippen LogP contribution in [0, 0.1) is 0 Å². The number of aryl methyl sites for hydroxylation is 1. The first-order valence-electron chi connectivity index (χ1n) is 5.66. The van der Waals surface area contributed by atoms with Gasteiger partial charge in [0, 0.05) is 33.3 Å². The summed E-state index contributed by atoms with van der Waals surface area (Å²) in [5.41, 5.74) is 6.10. The van der Waals surface area contributed by atoms with E-state index in [1.807, 2.05) is 11.9 Å². The van der Waals surface area contributed by atoms with Gasteiger partial charge in [-0.25, -0.2) is 4.68 Å². The molecule has 0 aliphatic rings. The SMILES string of the molecule is COCCN(C)c1cnn(CCCN)c(=O)c1. The molecule has 2 N–H and O–H groups in total. The summed E-state index contributed by atoms with van der Waals surface area (Å²) in [7, 11) is 3.55. The molecule has 1 aromatic heterocycles. The van der Waals surface area contributed by atoms with Crippen molar-refractivity contribution in [2.45, 2.75) is 13.0 Å². The lowest BCUT2D eigenvalue weighted by atomic mass is 10.4. The van der Waals surface area contributed by atoms with Gasteiger partial charge in [0.1, 0.15) is 0 Å². The van der Waals surface area contributed by atoms with E-state index in [0.29, 0.717) is 19.7 Å². The van der Waals surface area contributed by atoms with Crippen molar-refractivity contribution in [2.75, 3.05) is 38.8 Å². The molecule has 0 aliphatic heterocycles. The molecule has 0 aromatic carbocycles. The lowest BCUT2D eigenvalue weighted by molar-refractivity contribution is 0.206. The fourth-order valence-electron chi connectivity index (χ4n) is 1.40. The first-order chi connectivity index (χ1) is 8.19. The van der Waals surface area contributed by atoms with Crippen molar-refractivity contribution >= 4 is 5.69 Å². The third kappa shape index (κ3) is 4.16. The van der Waals surface area contributed by atoms with Crippen molar-refractivity contribution in [1.82, 2.24) is 9.78 Å². The molecule has 96 valence electrons. The van der Waals surface area contributed by atoms with E-state index in [0.717, 1.165) is 18.7 Å². The summed E-state index contributed by atoms with van der Waals surface area (Å²) in [6.45, 7) is 2.47. The first kappa shape index (κ1) is 13.7. The predicted molar refractivity (Wildman–Crippen MR) is 67.3 cm³/mol. The van der Waals surface area contributed by atoms with Crippen LogP contribution in [0.2, 0.25) is 0 Å². The largest absolute Gasteiger partial charge is 0.383 e. The highest BCUT2D eigenvalue weighted by atomic mass is 16.5. The number of nitrogens with zero attached hydrogens (tertiary/aromatic N) is 3. The number of nitrogens with two attached hydrogens (primary N) is 1. The van der Waals surface area contributed by atoms with Gasteiger partial charge < -0.3 is 15.4 Å². The summed E-state index contributed by atoms with van der Waals surface area (Å²) in [5, 5.41) is 4.11. The molecule has 6 nitrogen and oxygen atoms in total. The van der Waals surface area contributed by atoms with Gasteiger partial charge in [0.25, 0.3) is 5.56 Å². The fourth-order valence-corrected chi connectivity index (χ4v) is 1.40. The van der Waals surface area contributed by atoms with Crippen LogP contribution < -0.4 is 16.2 Å². The first-order valence-corrected chi connectivity index (χ1v) is 5.66. The molecule has 0 aliphatic carbocycles. The molecule has 0 fully saturated rings. The number of hydrogen-bond acceptors (Lipinski definition) is 5. The number of anilines is 1. The molecule has 0 radical (unpaired) electrons. The highest BCUT2D eigenvalue weighted by Gasteiger charge is 2.04. The van der Waals surface area contributed by atoms with Crippen molar-refractivity contribution in [2.24, 2.45) is 5.73 Å². The molecule has 1 heterocycles. The molecular weight excluding hydrogens is 220 g/mol. The minimum Gasteiger partial charge on any atom is -0.383 e. The van der Waals surface area contributed by atoms with Gasteiger partial charge in [-0.1, -0.05) is 0 Å². The van der Waals surface area contributed by atoms with Crippen LogP contribution in [0.3, 0.4) is 0 Å². The van der Waals surface area contributed by atoms with Crippen molar-refractivity contribution in [3.05, 3.63) is 22.6 Å². The Morgan fingerprint density at radius 2 is 2.35 bits per heavy atom. The second-order valence-electron chi connectivity index (χ2n) is 3.83. The van der Waals surface area contributed by atoms with Gasteiger partial charge in [-0.15, -0.1) is 0 Å². The zero-order valence-corrected chi connectivity index (χ0v) is 10.4. The molecule has 6 heteroatoms. The average Bonchev–Trinajstić information content (AvgIpc) is 2.34. The van der Waals surface area contributed by atoms with Crippen molar-refractivity contribution in [1.29, 1.82) is 0 Å². The Bertz CT molecular complexity index is 391. The molecule has 0 unspecified atom stereocenters. The van der Waals surface area contributed by atoms with Gasteiger partial charge in [0.05, 0.1) is 18.5 Å². The third-order valence-corrected chi connectivity index (χ3v) is 2.50. The maximum Gasteiger partial charge on any atom is 0.268 e. The second kappa shape index (κ2) is 7.03. The maximum absolute atomic E-state index is 11.7. The zero-order chi connectivity index (χ0) is 12.7. The molecular formula is C11H20N4O2. The molecule has 0 saturated heterocycles. The van der Waals surface area contributed by atoms with Crippen LogP contribution in [0.1, 0.15) is 6.42 Å². The molecule has 1 aromatic rings. The maximum atomic E-state index is 11.7. The Hall–Kier alpha value is -1.40. The summed E-state index contributed by atoms with van der Waals surface area (Å²) in [6.07, 6.45) is 2.44. The standard InChI is InChI=1S/C11H20N4O2/c1-14(6-7-17-2)10-8-11(16)15(13-9-10)5-3-4-12/h8-9H,3-7,12H2,1-2H3. The van der Waals surface area contributed by atoms with E-state index in [2.05, 4.69) is 5.10 Å². The third-order valence-electron chi connectivity index (χ3n) is 2.50. The molecule has 0 bridgehead atoms. The fraction of sp³-hybridized carbons (Fsp3) is 0.636. The van der Waals surface area contributed by atoms with Gasteiger partial charge in [-0.2, -0.15) is 5.10 Å². The normalized spacial score (nSPS) is 10.5. The van der Waals surface area contributed by atoms with Gasteiger partial charge >= 0.3 is 0 Å². The Labute approximate surface area is 101 Å². The predicted octanol–water partition coefficient (Wildman–Crippen LogP) is -0.325. The van der Waals surface area contributed by atoms with Crippen LogP contribution in [-0.4, -0.2) is 43.6 Å².